The minimum atomic E-state index is -0.783. The second-order valence-corrected chi connectivity index (χ2v) is 9.09. The summed E-state index contributed by atoms with van der Waals surface area (Å²) in [5.41, 5.74) is 0.563. The van der Waals surface area contributed by atoms with Crippen molar-refractivity contribution in [2.24, 2.45) is 0 Å². The zero-order valence-corrected chi connectivity index (χ0v) is 19.7. The van der Waals surface area contributed by atoms with Crippen LogP contribution in [0.3, 0.4) is 0 Å². The van der Waals surface area contributed by atoms with Crippen LogP contribution in [0.5, 0.6) is 11.5 Å². The quantitative estimate of drug-likeness (QED) is 0.464. The Morgan fingerprint density at radius 1 is 1.03 bits per heavy atom. The van der Waals surface area contributed by atoms with Crippen LogP contribution in [0, 0.1) is 0 Å². The molecule has 5 rings (SSSR count). The third-order valence-electron chi connectivity index (χ3n) is 6.85. The molecule has 3 aliphatic heterocycles. The van der Waals surface area contributed by atoms with Crippen molar-refractivity contribution < 1.29 is 33.4 Å². The van der Waals surface area contributed by atoms with Gasteiger partial charge in [0.1, 0.15) is 17.1 Å². The average Bonchev–Trinajstić information content (AvgIpc) is 3.37. The summed E-state index contributed by atoms with van der Waals surface area (Å²) in [5.74, 6) is 0.00819. The number of benzene rings is 2. The molecule has 1 fully saturated rings. The van der Waals surface area contributed by atoms with Gasteiger partial charge in [-0.3, -0.25) is 24.1 Å². The van der Waals surface area contributed by atoms with Gasteiger partial charge in [-0.1, -0.05) is 0 Å². The molecule has 1 saturated heterocycles. The first-order chi connectivity index (χ1) is 16.9. The molecule has 0 bridgehead atoms. The number of ketones is 1. The lowest BCUT2D eigenvalue weighted by molar-refractivity contribution is 0.0427. The lowest BCUT2D eigenvalue weighted by Crippen LogP contribution is -2.45. The molecule has 0 aromatic heterocycles. The molecule has 0 saturated carbocycles. The van der Waals surface area contributed by atoms with Gasteiger partial charge in [0.25, 0.3) is 17.7 Å². The molecule has 182 valence electrons. The summed E-state index contributed by atoms with van der Waals surface area (Å²) >= 11 is 0. The first kappa shape index (κ1) is 23.0. The number of nitrogens with zero attached hydrogens (tertiary/aromatic N) is 2. The van der Waals surface area contributed by atoms with Crippen LogP contribution < -0.4 is 9.47 Å². The van der Waals surface area contributed by atoms with E-state index in [2.05, 4.69) is 0 Å². The Morgan fingerprint density at radius 3 is 2.60 bits per heavy atom. The fourth-order valence-electron chi connectivity index (χ4n) is 5.02. The summed E-state index contributed by atoms with van der Waals surface area (Å²) < 4.78 is 16.5. The van der Waals surface area contributed by atoms with E-state index in [1.165, 1.54) is 17.0 Å². The molecule has 9 nitrogen and oxygen atoms in total. The monoisotopic (exact) mass is 478 g/mol. The molecule has 2 aromatic rings. The minimum absolute atomic E-state index is 0.0466. The number of carbonyl (C=O) groups is 4. The third-order valence-corrected chi connectivity index (χ3v) is 6.85. The van der Waals surface area contributed by atoms with Crippen molar-refractivity contribution in [3.8, 4) is 11.5 Å². The molecule has 1 spiro atoms. The number of carbonyl (C=O) groups excluding carboxylic acids is 4. The first-order valence-electron chi connectivity index (χ1n) is 11.5. The highest BCUT2D eigenvalue weighted by Gasteiger charge is 2.47. The van der Waals surface area contributed by atoms with Gasteiger partial charge in [-0.2, -0.15) is 0 Å². The highest BCUT2D eigenvalue weighted by molar-refractivity contribution is 6.22. The van der Waals surface area contributed by atoms with Crippen LogP contribution in [0.2, 0.25) is 0 Å². The first-order valence-corrected chi connectivity index (χ1v) is 11.5. The molecule has 35 heavy (non-hydrogen) atoms. The Morgan fingerprint density at radius 2 is 1.83 bits per heavy atom. The average molecular weight is 479 g/mol. The smallest absolute Gasteiger partial charge is 0.261 e. The second-order valence-electron chi connectivity index (χ2n) is 9.09. The van der Waals surface area contributed by atoms with Crippen molar-refractivity contribution in [2.75, 3.05) is 40.5 Å². The fraction of sp³-hybridized carbons (Fsp3) is 0.385. The van der Waals surface area contributed by atoms with Crippen LogP contribution in [0.25, 0.3) is 0 Å². The number of likely N-dealkylation sites (tertiary alicyclic amines) is 1. The Bertz CT molecular complexity index is 1240. The number of hydrogen-bond donors (Lipinski definition) is 0. The highest BCUT2D eigenvalue weighted by Crippen LogP contribution is 2.40. The van der Waals surface area contributed by atoms with Crippen LogP contribution >= 0.6 is 0 Å². The van der Waals surface area contributed by atoms with Gasteiger partial charge in [0.05, 0.1) is 36.8 Å². The van der Waals surface area contributed by atoms with Gasteiger partial charge in [0.15, 0.2) is 5.78 Å². The summed E-state index contributed by atoms with van der Waals surface area (Å²) in [6.07, 6.45) is 1.23. The van der Waals surface area contributed by atoms with Gasteiger partial charge in [0, 0.05) is 38.8 Å². The lowest BCUT2D eigenvalue weighted by Gasteiger charge is -2.34. The molecule has 0 aliphatic carbocycles. The summed E-state index contributed by atoms with van der Waals surface area (Å²) in [4.78, 5) is 54.4. The van der Waals surface area contributed by atoms with Gasteiger partial charge < -0.3 is 19.1 Å². The van der Waals surface area contributed by atoms with Crippen molar-refractivity contribution >= 4 is 23.5 Å². The molecular formula is C26H26N2O7. The van der Waals surface area contributed by atoms with Crippen LogP contribution in [0.1, 0.15) is 60.7 Å². The van der Waals surface area contributed by atoms with Crippen molar-refractivity contribution in [2.45, 2.75) is 24.9 Å². The predicted molar refractivity (Wildman–Crippen MR) is 124 cm³/mol. The van der Waals surface area contributed by atoms with Gasteiger partial charge >= 0.3 is 0 Å². The maximum atomic E-state index is 13.3. The zero-order valence-electron chi connectivity index (χ0n) is 19.7. The van der Waals surface area contributed by atoms with Gasteiger partial charge in [-0.25, -0.2) is 0 Å². The zero-order chi connectivity index (χ0) is 24.7. The number of amides is 3. The number of imide groups is 1. The van der Waals surface area contributed by atoms with E-state index in [1.54, 1.807) is 43.4 Å². The Kier molecular flexibility index (Phi) is 5.80. The van der Waals surface area contributed by atoms with E-state index in [4.69, 9.17) is 14.2 Å². The summed E-state index contributed by atoms with van der Waals surface area (Å²) in [7, 11) is 3.10. The molecule has 3 amide bonds. The standard InChI is InChI=1S/C26H26N2O7/c1-33-11-3-9-28-24(31)18-6-4-16(12-19(18)25(28)32)23(30)27-10-8-26(15-27)14-21(29)20-13-17(34-2)5-7-22(20)35-26/h4-7,12-13H,3,8-11,14-15H2,1-2H3. The maximum Gasteiger partial charge on any atom is 0.261 e. The van der Waals surface area contributed by atoms with E-state index < -0.39 is 11.5 Å². The van der Waals surface area contributed by atoms with Crippen molar-refractivity contribution in [1.29, 1.82) is 0 Å². The Hall–Kier alpha value is -3.72. The number of fused-ring (bicyclic) bond motifs is 2. The minimum Gasteiger partial charge on any atom is -0.497 e. The number of hydrogen-bond acceptors (Lipinski definition) is 7. The van der Waals surface area contributed by atoms with Crippen LogP contribution in [0.4, 0.5) is 0 Å². The molecular weight excluding hydrogens is 452 g/mol. The SMILES string of the molecule is COCCCN1C(=O)c2ccc(C(=O)N3CCC4(CC(=O)c5cc(OC)ccc5O4)C3)cc2C1=O. The van der Waals surface area contributed by atoms with Gasteiger partial charge in [-0.05, 0) is 42.8 Å². The summed E-state index contributed by atoms with van der Waals surface area (Å²) in [6, 6.07) is 9.74. The highest BCUT2D eigenvalue weighted by atomic mass is 16.5. The van der Waals surface area contributed by atoms with Crippen LogP contribution in [-0.2, 0) is 4.74 Å². The van der Waals surface area contributed by atoms with E-state index >= 15 is 0 Å². The molecule has 2 aromatic carbocycles. The molecule has 9 heteroatoms. The normalized spacial score (nSPS) is 20.8. The summed E-state index contributed by atoms with van der Waals surface area (Å²) in [5, 5.41) is 0. The fourth-order valence-corrected chi connectivity index (χ4v) is 5.02. The topological polar surface area (TPSA) is 102 Å². The number of methoxy groups -OCH3 is 2. The second kappa shape index (κ2) is 8.81. The molecule has 1 atom stereocenters. The van der Waals surface area contributed by atoms with E-state index in [0.717, 1.165) is 0 Å². The molecule has 0 radical (unpaired) electrons. The number of rotatable bonds is 6. The van der Waals surface area contributed by atoms with E-state index in [1.807, 2.05) is 0 Å². The molecule has 1 unspecified atom stereocenters. The molecule has 3 aliphatic rings. The molecule has 3 heterocycles. The van der Waals surface area contributed by atoms with Crippen molar-refractivity contribution in [3.05, 3.63) is 58.7 Å². The third kappa shape index (κ3) is 3.95. The maximum absolute atomic E-state index is 13.3. The number of Topliss-reactive ketones (excluding diaryl/α,β-unsaturated/α-hetero) is 1. The van der Waals surface area contributed by atoms with E-state index in [0.29, 0.717) is 54.2 Å². The van der Waals surface area contributed by atoms with Crippen molar-refractivity contribution in [1.82, 2.24) is 9.80 Å². The molecule has 0 N–H and O–H groups in total. The van der Waals surface area contributed by atoms with E-state index in [-0.39, 0.29) is 42.7 Å². The van der Waals surface area contributed by atoms with E-state index in [9.17, 15) is 19.2 Å². The van der Waals surface area contributed by atoms with Crippen LogP contribution in [-0.4, -0.2) is 79.4 Å². The van der Waals surface area contributed by atoms with Crippen molar-refractivity contribution in [3.63, 3.8) is 0 Å². The van der Waals surface area contributed by atoms with Gasteiger partial charge in [0.2, 0.25) is 0 Å². The van der Waals surface area contributed by atoms with Gasteiger partial charge in [-0.15, -0.1) is 0 Å². The number of ether oxygens (including phenoxy) is 3. The van der Waals surface area contributed by atoms with Crippen LogP contribution in [0.15, 0.2) is 36.4 Å². The largest absolute Gasteiger partial charge is 0.497 e. The summed E-state index contributed by atoms with van der Waals surface area (Å²) in [6.45, 7) is 1.38. The predicted octanol–water partition coefficient (Wildman–Crippen LogP) is 2.58. The lowest BCUT2D eigenvalue weighted by atomic mass is 9.89. The Balaban J connectivity index is 1.32. The Labute approximate surface area is 202 Å².